The van der Waals surface area contributed by atoms with Gasteiger partial charge in [-0.1, -0.05) is 140 Å². The maximum absolute atomic E-state index is 6.33. The fourth-order valence-corrected chi connectivity index (χ4v) is 7.94. The summed E-state index contributed by atoms with van der Waals surface area (Å²) < 4.78 is 6.33. The van der Waals surface area contributed by atoms with Gasteiger partial charge in [0.25, 0.3) is 0 Å². The van der Waals surface area contributed by atoms with E-state index < -0.39 is 0 Å². The molecule has 1 aliphatic rings. The number of furan rings is 1. The zero-order chi connectivity index (χ0) is 32.3. The maximum atomic E-state index is 6.33. The second-order valence-corrected chi connectivity index (χ2v) is 12.9. The van der Waals surface area contributed by atoms with Crippen molar-refractivity contribution in [2.75, 3.05) is 4.90 Å². The van der Waals surface area contributed by atoms with Crippen LogP contribution in [0.15, 0.2) is 186 Å². The molecule has 10 rings (SSSR count). The molecule has 0 bridgehead atoms. The summed E-state index contributed by atoms with van der Waals surface area (Å²) in [4.78, 5) is 2.48. The van der Waals surface area contributed by atoms with Gasteiger partial charge in [-0.2, -0.15) is 0 Å². The van der Waals surface area contributed by atoms with E-state index in [0.717, 1.165) is 38.7 Å². The molecule has 1 aromatic heterocycles. The van der Waals surface area contributed by atoms with E-state index in [1.807, 2.05) is 6.07 Å². The summed E-state index contributed by atoms with van der Waals surface area (Å²) in [6, 6.07) is 65.8. The Bertz CT molecular complexity index is 2650. The summed E-state index contributed by atoms with van der Waals surface area (Å²) in [5, 5.41) is 4.58. The Morgan fingerprint density at radius 2 is 1.10 bits per heavy atom. The summed E-state index contributed by atoms with van der Waals surface area (Å²) in [5.41, 5.74) is 14.2. The number of nitrogens with zero attached hydrogens (tertiary/aromatic N) is 1. The first-order valence-corrected chi connectivity index (χ1v) is 16.9. The minimum absolute atomic E-state index is 0.106. The molecule has 8 aromatic carbocycles. The van der Waals surface area contributed by atoms with Crippen LogP contribution in [0.2, 0.25) is 0 Å². The van der Waals surface area contributed by atoms with Crippen LogP contribution in [0, 0.1) is 0 Å². The molecule has 1 atom stereocenters. The third-order valence-electron chi connectivity index (χ3n) is 10.1. The monoisotopic (exact) mass is 625 g/mol. The molecule has 1 unspecified atom stereocenters. The van der Waals surface area contributed by atoms with Crippen LogP contribution in [-0.4, -0.2) is 0 Å². The fourth-order valence-electron chi connectivity index (χ4n) is 7.94. The zero-order valence-electron chi connectivity index (χ0n) is 26.8. The van der Waals surface area contributed by atoms with Crippen LogP contribution in [-0.2, 0) is 0 Å². The molecule has 0 spiro atoms. The molecular weight excluding hydrogens is 595 g/mol. The largest absolute Gasteiger partial charge is 0.456 e. The third-order valence-corrected chi connectivity index (χ3v) is 10.1. The Morgan fingerprint density at radius 1 is 0.429 bits per heavy atom. The summed E-state index contributed by atoms with van der Waals surface area (Å²) in [5.74, 6) is 0.106. The number of para-hydroxylation sites is 1. The highest BCUT2D eigenvalue weighted by Gasteiger charge is 2.34. The lowest BCUT2D eigenvalue weighted by atomic mass is 9.88. The molecule has 0 saturated heterocycles. The van der Waals surface area contributed by atoms with Crippen molar-refractivity contribution >= 4 is 49.8 Å². The molecular formula is C47H31NO. The van der Waals surface area contributed by atoms with Crippen LogP contribution >= 0.6 is 0 Å². The molecule has 0 fully saturated rings. The number of benzene rings is 8. The highest BCUT2D eigenvalue weighted by Crippen LogP contribution is 2.54. The topological polar surface area (TPSA) is 16.4 Å². The summed E-state index contributed by atoms with van der Waals surface area (Å²) >= 11 is 0. The Kier molecular flexibility index (Phi) is 6.28. The van der Waals surface area contributed by atoms with Crippen molar-refractivity contribution in [2.45, 2.75) is 5.92 Å². The van der Waals surface area contributed by atoms with Crippen molar-refractivity contribution < 1.29 is 4.42 Å². The van der Waals surface area contributed by atoms with Gasteiger partial charge in [-0.3, -0.25) is 0 Å². The summed E-state index contributed by atoms with van der Waals surface area (Å²) in [7, 11) is 0. The summed E-state index contributed by atoms with van der Waals surface area (Å²) in [6.45, 7) is 0. The molecule has 0 N–H and O–H groups in total. The van der Waals surface area contributed by atoms with Crippen molar-refractivity contribution in [1.82, 2.24) is 0 Å². The molecule has 2 heteroatoms. The normalized spacial score (nSPS) is 13.5. The second-order valence-electron chi connectivity index (χ2n) is 12.9. The van der Waals surface area contributed by atoms with Gasteiger partial charge in [0, 0.05) is 27.8 Å². The lowest BCUT2D eigenvalue weighted by Crippen LogP contribution is -2.14. The lowest BCUT2D eigenvalue weighted by Gasteiger charge is -2.31. The van der Waals surface area contributed by atoms with Gasteiger partial charge < -0.3 is 9.32 Å². The van der Waals surface area contributed by atoms with E-state index >= 15 is 0 Å². The van der Waals surface area contributed by atoms with Crippen molar-refractivity contribution in [3.05, 3.63) is 199 Å². The highest BCUT2D eigenvalue weighted by atomic mass is 16.3. The van der Waals surface area contributed by atoms with Crippen molar-refractivity contribution in [1.29, 1.82) is 0 Å². The smallest absolute Gasteiger partial charge is 0.136 e. The SMILES string of the molecule is c1ccc(-c2ccc(N(c3cccc4c3C(c3ccccc3)c3ccccc3-4)c3cccc4cc5oc6ccccc6c5cc34)cc2)cc1. The second kappa shape index (κ2) is 11.1. The van der Waals surface area contributed by atoms with Gasteiger partial charge in [0.1, 0.15) is 11.2 Å². The fraction of sp³-hybridized carbons (Fsp3) is 0.0213. The average molecular weight is 626 g/mol. The lowest BCUT2D eigenvalue weighted by molar-refractivity contribution is 0.669. The van der Waals surface area contributed by atoms with Crippen molar-refractivity contribution in [2.24, 2.45) is 0 Å². The summed E-state index contributed by atoms with van der Waals surface area (Å²) in [6.07, 6.45) is 0. The number of fused-ring (bicyclic) bond motifs is 7. The van der Waals surface area contributed by atoms with E-state index in [9.17, 15) is 0 Å². The molecule has 1 aliphatic carbocycles. The van der Waals surface area contributed by atoms with Crippen molar-refractivity contribution in [3.8, 4) is 22.3 Å². The van der Waals surface area contributed by atoms with Gasteiger partial charge in [-0.15, -0.1) is 0 Å². The van der Waals surface area contributed by atoms with E-state index in [1.54, 1.807) is 0 Å². The van der Waals surface area contributed by atoms with Crippen molar-refractivity contribution in [3.63, 3.8) is 0 Å². The van der Waals surface area contributed by atoms with Crippen LogP contribution in [0.1, 0.15) is 22.6 Å². The molecule has 230 valence electrons. The molecule has 1 heterocycles. The minimum Gasteiger partial charge on any atom is -0.456 e. The van der Waals surface area contributed by atoms with Gasteiger partial charge in [0.05, 0.1) is 11.4 Å². The average Bonchev–Trinajstić information content (AvgIpc) is 3.71. The predicted molar refractivity (Wildman–Crippen MR) is 204 cm³/mol. The van der Waals surface area contributed by atoms with Gasteiger partial charge in [-0.25, -0.2) is 0 Å². The number of hydrogen-bond acceptors (Lipinski definition) is 2. The Balaban J connectivity index is 1.25. The number of anilines is 3. The van der Waals surface area contributed by atoms with Gasteiger partial charge in [0.2, 0.25) is 0 Å². The number of hydrogen-bond donors (Lipinski definition) is 0. The first-order valence-electron chi connectivity index (χ1n) is 16.9. The molecule has 0 radical (unpaired) electrons. The molecule has 9 aromatic rings. The highest BCUT2D eigenvalue weighted by molar-refractivity contribution is 6.13. The Morgan fingerprint density at radius 3 is 1.96 bits per heavy atom. The maximum Gasteiger partial charge on any atom is 0.136 e. The standard InChI is InChI=1S/C47H31NO/c1-3-13-31(14-4-1)32-25-27-35(28-26-32)48(42-22-11-17-34-29-45-41(30-40(34)42)37-19-9-10-24-44(37)49-45)43-23-12-21-39-36-18-7-8-20-38(36)46(47(39)43)33-15-5-2-6-16-33/h1-30,46H. The van der Waals surface area contributed by atoms with Gasteiger partial charge in [0.15, 0.2) is 0 Å². The van der Waals surface area contributed by atoms with Crippen LogP contribution in [0.5, 0.6) is 0 Å². The zero-order valence-corrected chi connectivity index (χ0v) is 26.8. The molecule has 49 heavy (non-hydrogen) atoms. The van der Waals surface area contributed by atoms with E-state index in [2.05, 4.69) is 181 Å². The Labute approximate surface area is 285 Å². The Hall–Kier alpha value is -6.38. The first kappa shape index (κ1) is 27.7. The molecule has 0 aliphatic heterocycles. The van der Waals surface area contributed by atoms with Crippen LogP contribution in [0.4, 0.5) is 17.1 Å². The molecule has 0 saturated carbocycles. The van der Waals surface area contributed by atoms with Crippen LogP contribution in [0.25, 0.3) is 55.0 Å². The van der Waals surface area contributed by atoms with Crippen LogP contribution in [0.3, 0.4) is 0 Å². The first-order chi connectivity index (χ1) is 24.3. The third kappa shape index (κ3) is 4.42. The van der Waals surface area contributed by atoms with Gasteiger partial charge >= 0.3 is 0 Å². The van der Waals surface area contributed by atoms with E-state index in [-0.39, 0.29) is 5.92 Å². The number of rotatable bonds is 5. The molecule has 2 nitrogen and oxygen atoms in total. The van der Waals surface area contributed by atoms with Gasteiger partial charge in [-0.05, 0) is 86.8 Å². The minimum atomic E-state index is 0.106. The van der Waals surface area contributed by atoms with E-state index in [4.69, 9.17) is 4.42 Å². The quantitative estimate of drug-likeness (QED) is 0.189. The van der Waals surface area contributed by atoms with Crippen LogP contribution < -0.4 is 4.90 Å². The molecule has 0 amide bonds. The van der Waals surface area contributed by atoms with E-state index in [1.165, 1.54) is 50.0 Å². The predicted octanol–water partition coefficient (Wildman–Crippen LogP) is 13.0. The van der Waals surface area contributed by atoms with E-state index in [0.29, 0.717) is 0 Å².